The molecular formula is C19H27N5O3. The molecule has 0 saturated heterocycles. The number of nitrogens with one attached hydrogen (secondary N) is 1. The van der Waals surface area contributed by atoms with Gasteiger partial charge in [-0.05, 0) is 38.3 Å². The summed E-state index contributed by atoms with van der Waals surface area (Å²) in [5.41, 5.74) is 8.09. The molecule has 0 aliphatic heterocycles. The highest BCUT2D eigenvalue weighted by atomic mass is 16.6. The van der Waals surface area contributed by atoms with Gasteiger partial charge in [0.25, 0.3) is 0 Å². The van der Waals surface area contributed by atoms with E-state index in [1.165, 1.54) is 13.2 Å². The second-order valence-electron chi connectivity index (χ2n) is 7.25. The quantitative estimate of drug-likeness (QED) is 0.767. The standard InChI is InChI=1S/C19H27N5O3/c1-12(2)9-19(4,20)11-26-16-13(3)8-14(10-23-16)15-6-7-22-17(24-15)27-18(25)21-5/h6-8,10,12H,9,11,20H2,1-5H3,(H,21,25)/t19-/m1/s1. The Kier molecular flexibility index (Phi) is 6.68. The smallest absolute Gasteiger partial charge is 0.414 e. The molecule has 1 amide bonds. The largest absolute Gasteiger partial charge is 0.476 e. The van der Waals surface area contributed by atoms with E-state index in [0.717, 1.165) is 17.5 Å². The summed E-state index contributed by atoms with van der Waals surface area (Å²) in [5.74, 6) is 1.03. The van der Waals surface area contributed by atoms with Gasteiger partial charge in [0, 0.05) is 36.1 Å². The van der Waals surface area contributed by atoms with Crippen molar-refractivity contribution in [3.8, 4) is 23.1 Å². The zero-order chi connectivity index (χ0) is 20.0. The van der Waals surface area contributed by atoms with Crippen LogP contribution < -0.4 is 20.5 Å². The van der Waals surface area contributed by atoms with Gasteiger partial charge in [-0.3, -0.25) is 0 Å². The number of rotatable bonds is 7. The minimum Gasteiger partial charge on any atom is -0.476 e. The number of aryl methyl sites for hydroxylation is 1. The molecule has 0 aliphatic carbocycles. The van der Waals surface area contributed by atoms with Gasteiger partial charge in [-0.25, -0.2) is 14.8 Å². The molecule has 2 aromatic rings. The Morgan fingerprint density at radius 1 is 1.37 bits per heavy atom. The molecule has 0 unspecified atom stereocenters. The van der Waals surface area contributed by atoms with Crippen LogP contribution >= 0.6 is 0 Å². The van der Waals surface area contributed by atoms with Crippen molar-refractivity contribution in [1.82, 2.24) is 20.3 Å². The molecule has 2 aromatic heterocycles. The number of carbonyl (C=O) groups is 1. The second kappa shape index (κ2) is 8.77. The minimum atomic E-state index is -0.628. The van der Waals surface area contributed by atoms with Crippen LogP contribution in [-0.4, -0.2) is 40.2 Å². The number of nitrogens with zero attached hydrogens (tertiary/aromatic N) is 3. The zero-order valence-electron chi connectivity index (χ0n) is 16.4. The highest BCUT2D eigenvalue weighted by molar-refractivity contribution is 5.69. The van der Waals surface area contributed by atoms with Crippen LogP contribution in [0.4, 0.5) is 4.79 Å². The molecule has 0 fully saturated rings. The van der Waals surface area contributed by atoms with Crippen LogP contribution in [0, 0.1) is 12.8 Å². The molecule has 2 heterocycles. The van der Waals surface area contributed by atoms with Crippen LogP contribution in [-0.2, 0) is 0 Å². The Labute approximate surface area is 159 Å². The van der Waals surface area contributed by atoms with Crippen molar-refractivity contribution in [3.05, 3.63) is 30.1 Å². The molecule has 27 heavy (non-hydrogen) atoms. The van der Waals surface area contributed by atoms with Crippen molar-refractivity contribution in [1.29, 1.82) is 0 Å². The zero-order valence-corrected chi connectivity index (χ0v) is 16.4. The number of hydrogen-bond acceptors (Lipinski definition) is 7. The summed E-state index contributed by atoms with van der Waals surface area (Å²) in [4.78, 5) is 23.8. The van der Waals surface area contributed by atoms with Crippen molar-refractivity contribution in [2.24, 2.45) is 11.7 Å². The number of ether oxygens (including phenoxy) is 2. The summed E-state index contributed by atoms with van der Waals surface area (Å²) >= 11 is 0. The molecule has 3 N–H and O–H groups in total. The Morgan fingerprint density at radius 2 is 2.11 bits per heavy atom. The maximum atomic E-state index is 11.3. The van der Waals surface area contributed by atoms with E-state index >= 15 is 0 Å². The molecule has 0 spiro atoms. The first-order valence-electron chi connectivity index (χ1n) is 8.81. The summed E-state index contributed by atoms with van der Waals surface area (Å²) in [6, 6.07) is 3.59. The molecule has 0 saturated carbocycles. The summed E-state index contributed by atoms with van der Waals surface area (Å²) in [7, 11) is 1.46. The number of nitrogens with two attached hydrogens (primary N) is 1. The first kappa shape index (κ1) is 20.6. The van der Waals surface area contributed by atoms with Crippen LogP contribution in [0.5, 0.6) is 11.9 Å². The highest BCUT2D eigenvalue weighted by Gasteiger charge is 2.21. The lowest BCUT2D eigenvalue weighted by molar-refractivity contribution is 0.199. The minimum absolute atomic E-state index is 0.0302. The van der Waals surface area contributed by atoms with Gasteiger partial charge in [0.15, 0.2) is 0 Å². The Bertz CT molecular complexity index is 793. The van der Waals surface area contributed by atoms with Gasteiger partial charge >= 0.3 is 12.1 Å². The first-order chi connectivity index (χ1) is 12.7. The monoisotopic (exact) mass is 373 g/mol. The van der Waals surface area contributed by atoms with Crippen LogP contribution in [0.3, 0.4) is 0 Å². The van der Waals surface area contributed by atoms with E-state index in [1.54, 1.807) is 12.3 Å². The number of amides is 1. The van der Waals surface area contributed by atoms with Gasteiger partial charge in [0.05, 0.1) is 5.69 Å². The summed E-state index contributed by atoms with van der Waals surface area (Å²) in [5, 5.41) is 2.35. The molecule has 1 atom stereocenters. The third-order valence-electron chi connectivity index (χ3n) is 3.76. The van der Waals surface area contributed by atoms with Crippen molar-refractivity contribution in [2.45, 2.75) is 39.7 Å². The van der Waals surface area contributed by atoms with Crippen molar-refractivity contribution >= 4 is 6.09 Å². The molecule has 0 aliphatic rings. The molecule has 8 nitrogen and oxygen atoms in total. The lowest BCUT2D eigenvalue weighted by atomic mass is 9.93. The van der Waals surface area contributed by atoms with Gasteiger partial charge in [-0.2, -0.15) is 4.98 Å². The Balaban J connectivity index is 2.12. The van der Waals surface area contributed by atoms with Crippen molar-refractivity contribution < 1.29 is 14.3 Å². The van der Waals surface area contributed by atoms with E-state index in [0.29, 0.717) is 24.1 Å². The average molecular weight is 373 g/mol. The average Bonchev–Trinajstić information content (AvgIpc) is 2.59. The third-order valence-corrected chi connectivity index (χ3v) is 3.76. The fourth-order valence-electron chi connectivity index (χ4n) is 2.76. The van der Waals surface area contributed by atoms with Crippen molar-refractivity contribution in [2.75, 3.05) is 13.7 Å². The molecule has 0 aromatic carbocycles. The van der Waals surface area contributed by atoms with E-state index in [2.05, 4.69) is 34.1 Å². The van der Waals surface area contributed by atoms with Crippen LogP contribution in [0.15, 0.2) is 24.5 Å². The third kappa shape index (κ3) is 6.18. The fraction of sp³-hybridized carbons (Fsp3) is 0.474. The maximum Gasteiger partial charge on any atom is 0.414 e. The summed E-state index contributed by atoms with van der Waals surface area (Å²) in [6.45, 7) is 8.54. The summed E-state index contributed by atoms with van der Waals surface area (Å²) in [6.07, 6.45) is 3.41. The highest BCUT2D eigenvalue weighted by Crippen LogP contribution is 2.24. The van der Waals surface area contributed by atoms with Crippen LogP contribution in [0.2, 0.25) is 0 Å². The van der Waals surface area contributed by atoms with Gasteiger partial charge < -0.3 is 20.5 Å². The maximum absolute atomic E-state index is 11.3. The number of pyridine rings is 1. The SMILES string of the molecule is CNC(=O)Oc1nccc(-c2cnc(OC[C@](C)(N)CC(C)C)c(C)c2)n1. The molecule has 0 radical (unpaired) electrons. The van der Waals surface area contributed by atoms with E-state index < -0.39 is 11.6 Å². The predicted molar refractivity (Wildman–Crippen MR) is 103 cm³/mol. The van der Waals surface area contributed by atoms with Gasteiger partial charge in [0.2, 0.25) is 5.88 Å². The normalized spacial score (nSPS) is 13.1. The summed E-state index contributed by atoms with van der Waals surface area (Å²) < 4.78 is 10.8. The Hall–Kier alpha value is -2.74. The molecule has 8 heteroatoms. The van der Waals surface area contributed by atoms with E-state index in [1.807, 2.05) is 19.9 Å². The second-order valence-corrected chi connectivity index (χ2v) is 7.25. The number of carbonyl (C=O) groups excluding carboxylic acids is 1. The predicted octanol–water partition coefficient (Wildman–Crippen LogP) is 2.71. The van der Waals surface area contributed by atoms with Gasteiger partial charge in [-0.1, -0.05) is 13.8 Å². The molecular weight excluding hydrogens is 346 g/mol. The lowest BCUT2D eigenvalue weighted by Crippen LogP contribution is -2.43. The number of aromatic nitrogens is 3. The van der Waals surface area contributed by atoms with E-state index in [-0.39, 0.29) is 6.01 Å². The van der Waals surface area contributed by atoms with Crippen LogP contribution in [0.25, 0.3) is 11.3 Å². The van der Waals surface area contributed by atoms with Crippen molar-refractivity contribution in [3.63, 3.8) is 0 Å². The molecule has 0 bridgehead atoms. The fourth-order valence-corrected chi connectivity index (χ4v) is 2.76. The van der Waals surface area contributed by atoms with Gasteiger partial charge in [-0.15, -0.1) is 0 Å². The molecule has 2 rings (SSSR count). The Morgan fingerprint density at radius 3 is 2.74 bits per heavy atom. The van der Waals surface area contributed by atoms with Crippen LogP contribution in [0.1, 0.15) is 32.8 Å². The van der Waals surface area contributed by atoms with E-state index in [4.69, 9.17) is 15.2 Å². The van der Waals surface area contributed by atoms with E-state index in [9.17, 15) is 4.79 Å². The topological polar surface area (TPSA) is 112 Å². The lowest BCUT2D eigenvalue weighted by Gasteiger charge is -2.26. The molecule has 146 valence electrons. The number of hydrogen-bond donors (Lipinski definition) is 2. The first-order valence-corrected chi connectivity index (χ1v) is 8.81. The van der Waals surface area contributed by atoms with Gasteiger partial charge in [0.1, 0.15) is 6.61 Å².